The van der Waals surface area contributed by atoms with Crippen LogP contribution in [0.4, 0.5) is 14.4 Å². The molecule has 1 saturated heterocycles. The van der Waals surface area contributed by atoms with Crippen molar-refractivity contribution in [3.63, 3.8) is 0 Å². The smallest absolute Gasteiger partial charge is 0.408 e. The minimum atomic E-state index is -1.56. The molecular weight excluding hydrogens is 756 g/mol. The summed E-state index contributed by atoms with van der Waals surface area (Å²) < 4.78 is 10.7. The summed E-state index contributed by atoms with van der Waals surface area (Å²) in [4.78, 5) is 82.2. The maximum Gasteiger partial charge on any atom is 0.408 e. The first-order valence-corrected chi connectivity index (χ1v) is 19.1. The molecule has 0 unspecified atom stereocenters. The van der Waals surface area contributed by atoms with Gasteiger partial charge in [-0.25, -0.2) is 14.4 Å². The average molecular weight is 813 g/mol. The Kier molecular flexibility index (Phi) is 14.4. The van der Waals surface area contributed by atoms with E-state index in [-0.39, 0.29) is 48.6 Å². The zero-order valence-electron chi connectivity index (χ0n) is 34.0. The standard InChI is InChI=1S/C40H56N6O12/c1-39(2,3)57-36(53)41-21-27(47)20-29-35(52)45(7)30(34(51)42-26-12-14-46(15-13-26)38(55)56)19-25-17-23(9-11-32(25)49)22-8-10-31(48)24(16-22)18-28(33(50)43-29)44-37(54)58-40(4,5)6/h8-11,16-17,26-30,47-49H,12-15,18-21H2,1-7H3,(H,41,53)(H,42,51)(H,43,50)(H,44,54)(H,55,56)/t27-,28+,29+,30+/m1/s1. The number of nitrogens with zero attached hydrogens (tertiary/aromatic N) is 2. The minimum absolute atomic E-state index is 0.171. The van der Waals surface area contributed by atoms with E-state index in [0.29, 0.717) is 24.0 Å². The summed E-state index contributed by atoms with van der Waals surface area (Å²) in [5.74, 6) is -2.72. The van der Waals surface area contributed by atoms with Gasteiger partial charge in [-0.15, -0.1) is 0 Å². The molecule has 2 aliphatic heterocycles. The van der Waals surface area contributed by atoms with Gasteiger partial charge in [0.25, 0.3) is 0 Å². The Morgan fingerprint density at radius 1 is 0.845 bits per heavy atom. The molecule has 8 N–H and O–H groups in total. The van der Waals surface area contributed by atoms with Crippen LogP contribution in [0.2, 0.25) is 0 Å². The number of hydrogen-bond donors (Lipinski definition) is 8. The van der Waals surface area contributed by atoms with Crippen molar-refractivity contribution in [2.75, 3.05) is 26.7 Å². The lowest BCUT2D eigenvalue weighted by Crippen LogP contribution is -2.59. The second-order valence-corrected chi connectivity index (χ2v) is 16.6. The molecule has 1 fully saturated rings. The molecule has 2 heterocycles. The fraction of sp³-hybridized carbons (Fsp3) is 0.550. The zero-order chi connectivity index (χ0) is 43.1. The van der Waals surface area contributed by atoms with Gasteiger partial charge in [-0.05, 0) is 101 Å². The van der Waals surface area contributed by atoms with Crippen molar-refractivity contribution in [1.82, 2.24) is 31.1 Å². The van der Waals surface area contributed by atoms with Crippen molar-refractivity contribution in [3.8, 4) is 22.6 Å². The third-order valence-electron chi connectivity index (χ3n) is 9.57. The first-order valence-electron chi connectivity index (χ1n) is 19.1. The molecule has 18 heteroatoms. The highest BCUT2D eigenvalue weighted by Crippen LogP contribution is 2.32. The summed E-state index contributed by atoms with van der Waals surface area (Å²) >= 11 is 0. The predicted molar refractivity (Wildman–Crippen MR) is 210 cm³/mol. The molecule has 0 aromatic heterocycles. The number of benzene rings is 2. The summed E-state index contributed by atoms with van der Waals surface area (Å²) in [5.41, 5.74) is -0.131. The van der Waals surface area contributed by atoms with Crippen molar-refractivity contribution in [1.29, 1.82) is 0 Å². The van der Waals surface area contributed by atoms with Crippen LogP contribution in [0, 0.1) is 0 Å². The topological polar surface area (TPSA) is 256 Å². The highest BCUT2D eigenvalue weighted by molar-refractivity contribution is 5.94. The number of fused-ring (bicyclic) bond motifs is 5. The van der Waals surface area contributed by atoms with E-state index in [0.717, 1.165) is 4.90 Å². The normalized spacial score (nSPS) is 20.1. The largest absolute Gasteiger partial charge is 0.508 e. The third-order valence-corrected chi connectivity index (χ3v) is 9.57. The van der Waals surface area contributed by atoms with E-state index in [9.17, 15) is 49.2 Å². The Bertz CT molecular complexity index is 1850. The fourth-order valence-corrected chi connectivity index (χ4v) is 6.63. The summed E-state index contributed by atoms with van der Waals surface area (Å²) in [7, 11) is 1.33. The molecule has 0 radical (unpaired) electrons. The van der Waals surface area contributed by atoms with E-state index in [1.165, 1.54) is 24.1 Å². The van der Waals surface area contributed by atoms with Crippen molar-refractivity contribution >= 4 is 36.0 Å². The molecule has 0 saturated carbocycles. The minimum Gasteiger partial charge on any atom is -0.508 e. The highest BCUT2D eigenvalue weighted by atomic mass is 16.6. The molecule has 4 atom stereocenters. The summed E-state index contributed by atoms with van der Waals surface area (Å²) in [6, 6.07) is 4.59. The number of hydrogen-bond acceptors (Lipinski definition) is 11. The van der Waals surface area contributed by atoms with E-state index in [1.54, 1.807) is 65.8 Å². The molecule has 6 amide bonds. The molecule has 0 aliphatic carbocycles. The predicted octanol–water partition coefficient (Wildman–Crippen LogP) is 2.60. The quantitative estimate of drug-likeness (QED) is 0.201. The van der Waals surface area contributed by atoms with Crippen LogP contribution < -0.4 is 21.3 Å². The van der Waals surface area contributed by atoms with Crippen LogP contribution in [0.1, 0.15) is 71.9 Å². The maximum absolute atomic E-state index is 14.6. The number of rotatable bonds is 7. The highest BCUT2D eigenvalue weighted by Gasteiger charge is 2.37. The number of likely N-dealkylation sites (tertiary alicyclic amines) is 1. The number of amides is 6. The van der Waals surface area contributed by atoms with Gasteiger partial charge in [0.1, 0.15) is 40.8 Å². The molecule has 0 spiro atoms. The number of aliphatic hydroxyl groups excluding tert-OH is 1. The average Bonchev–Trinajstić information content (AvgIpc) is 3.11. The van der Waals surface area contributed by atoms with Gasteiger partial charge in [-0.3, -0.25) is 14.4 Å². The van der Waals surface area contributed by atoms with Crippen LogP contribution in [0.5, 0.6) is 11.5 Å². The van der Waals surface area contributed by atoms with E-state index < -0.39 is 90.4 Å². The Hall–Kier alpha value is -5.78. The Balaban J connectivity index is 1.78. The van der Waals surface area contributed by atoms with Gasteiger partial charge in [0, 0.05) is 52.0 Å². The third kappa shape index (κ3) is 12.9. The molecule has 4 rings (SSSR count). The van der Waals surface area contributed by atoms with Crippen molar-refractivity contribution < 1.29 is 58.7 Å². The van der Waals surface area contributed by atoms with Crippen molar-refractivity contribution in [3.05, 3.63) is 47.5 Å². The van der Waals surface area contributed by atoms with Crippen LogP contribution in [0.25, 0.3) is 11.1 Å². The van der Waals surface area contributed by atoms with Gasteiger partial charge < -0.3 is 61.0 Å². The number of phenols is 2. The second-order valence-electron chi connectivity index (χ2n) is 16.6. The Morgan fingerprint density at radius 2 is 1.38 bits per heavy atom. The number of alkyl carbamates (subject to hydrolysis) is 2. The molecule has 318 valence electrons. The number of ether oxygens (including phenoxy) is 2. The zero-order valence-corrected chi connectivity index (χ0v) is 34.0. The number of carbonyl (C=O) groups excluding carboxylic acids is 5. The number of likely N-dealkylation sites (N-methyl/N-ethyl adjacent to an activating group) is 1. The van der Waals surface area contributed by atoms with E-state index in [4.69, 9.17) is 9.47 Å². The van der Waals surface area contributed by atoms with Gasteiger partial charge >= 0.3 is 18.3 Å². The van der Waals surface area contributed by atoms with Gasteiger partial charge in [0.2, 0.25) is 17.7 Å². The number of piperidine rings is 1. The Morgan fingerprint density at radius 3 is 1.91 bits per heavy atom. The van der Waals surface area contributed by atoms with Gasteiger partial charge in [-0.1, -0.05) is 12.1 Å². The van der Waals surface area contributed by atoms with Crippen LogP contribution in [0.15, 0.2) is 36.4 Å². The number of nitrogens with one attached hydrogen (secondary N) is 4. The summed E-state index contributed by atoms with van der Waals surface area (Å²) in [5, 5.41) is 53.0. The van der Waals surface area contributed by atoms with Crippen LogP contribution >= 0.6 is 0 Å². The number of carboxylic acid groups (broad SMARTS) is 1. The number of phenolic OH excluding ortho intramolecular Hbond substituents is 2. The van der Waals surface area contributed by atoms with Gasteiger partial charge in [0.05, 0.1) is 6.10 Å². The lowest BCUT2D eigenvalue weighted by atomic mass is 9.95. The van der Waals surface area contributed by atoms with Gasteiger partial charge in [0.15, 0.2) is 0 Å². The van der Waals surface area contributed by atoms with Crippen LogP contribution in [-0.4, -0.2) is 134 Å². The molecule has 18 nitrogen and oxygen atoms in total. The lowest BCUT2D eigenvalue weighted by molar-refractivity contribution is -0.143. The fourth-order valence-electron chi connectivity index (χ4n) is 6.63. The van der Waals surface area contributed by atoms with Gasteiger partial charge in [-0.2, -0.15) is 0 Å². The summed E-state index contributed by atoms with van der Waals surface area (Å²) in [6.07, 6.45) is -4.65. The molecule has 2 aromatic carbocycles. The Labute approximate surface area is 337 Å². The number of aliphatic hydroxyl groups is 1. The molecular formula is C40H56N6O12. The van der Waals surface area contributed by atoms with Crippen molar-refractivity contribution in [2.24, 2.45) is 0 Å². The van der Waals surface area contributed by atoms with Crippen LogP contribution in [0.3, 0.4) is 0 Å². The number of carbonyl (C=O) groups is 6. The van der Waals surface area contributed by atoms with Crippen LogP contribution in [-0.2, 0) is 36.7 Å². The summed E-state index contributed by atoms with van der Waals surface area (Å²) in [6.45, 7) is 9.83. The lowest BCUT2D eigenvalue weighted by Gasteiger charge is -2.35. The van der Waals surface area contributed by atoms with E-state index >= 15 is 0 Å². The molecule has 4 bridgehead atoms. The first kappa shape index (κ1) is 44.9. The maximum atomic E-state index is 14.6. The van der Waals surface area contributed by atoms with E-state index in [2.05, 4.69) is 21.3 Å². The second kappa shape index (κ2) is 18.7. The molecule has 2 aliphatic rings. The van der Waals surface area contributed by atoms with Crippen molar-refractivity contribution in [2.45, 2.75) is 115 Å². The SMILES string of the molecule is CN1C(=O)[C@H](C[C@@H](O)CNC(=O)OC(C)(C)C)NC(=O)[C@@H](NC(=O)OC(C)(C)C)Cc2cc(ccc2O)-c2ccc(O)c(c2)C[C@H]1C(=O)NC1CCN(C(=O)O)CC1. The first-order chi connectivity index (χ1) is 27.0. The molecule has 58 heavy (non-hydrogen) atoms. The van der Waals surface area contributed by atoms with E-state index in [1.807, 2.05) is 0 Å². The monoisotopic (exact) mass is 812 g/mol. The number of aromatic hydroxyl groups is 2. The molecule has 2 aromatic rings.